The maximum Gasteiger partial charge on any atom is 0.308 e. The number of hydrogen-bond acceptors (Lipinski definition) is 3. The summed E-state index contributed by atoms with van der Waals surface area (Å²) in [6.07, 6.45) is 3.16. The molecule has 3 atom stereocenters. The zero-order valence-corrected chi connectivity index (χ0v) is 12.7. The Bertz CT molecular complexity index is 437. The normalized spacial score (nSPS) is 30.1. The van der Waals surface area contributed by atoms with Crippen LogP contribution in [0.25, 0.3) is 0 Å². The summed E-state index contributed by atoms with van der Waals surface area (Å²) in [6, 6.07) is -0.406. The van der Waals surface area contributed by atoms with Crippen molar-refractivity contribution in [1.82, 2.24) is 9.80 Å². The summed E-state index contributed by atoms with van der Waals surface area (Å²) in [5.41, 5.74) is 0. The fourth-order valence-electron chi connectivity index (χ4n) is 3.49. The van der Waals surface area contributed by atoms with Crippen molar-refractivity contribution in [3.8, 4) is 0 Å². The van der Waals surface area contributed by atoms with Gasteiger partial charge in [0.2, 0.25) is 11.8 Å². The summed E-state index contributed by atoms with van der Waals surface area (Å²) in [5.74, 6) is -1.31. The van der Waals surface area contributed by atoms with E-state index in [4.69, 9.17) is 0 Å². The maximum atomic E-state index is 12.7. The molecule has 0 bridgehead atoms. The molecule has 2 saturated heterocycles. The van der Waals surface area contributed by atoms with E-state index in [9.17, 15) is 19.5 Å². The number of carboxylic acid groups (broad SMARTS) is 1. The van der Waals surface area contributed by atoms with Gasteiger partial charge in [0.15, 0.2) is 0 Å². The number of carbonyl (C=O) groups is 3. The summed E-state index contributed by atoms with van der Waals surface area (Å²) >= 11 is 0. The Morgan fingerprint density at radius 3 is 2.48 bits per heavy atom. The zero-order valence-electron chi connectivity index (χ0n) is 12.7. The number of carbonyl (C=O) groups excluding carboxylic acids is 2. The van der Waals surface area contributed by atoms with E-state index in [-0.39, 0.29) is 24.3 Å². The Morgan fingerprint density at radius 2 is 1.86 bits per heavy atom. The Morgan fingerprint density at radius 1 is 1.14 bits per heavy atom. The lowest BCUT2D eigenvalue weighted by molar-refractivity contribution is -0.152. The molecule has 2 rings (SSSR count). The number of amides is 2. The van der Waals surface area contributed by atoms with E-state index in [1.165, 1.54) is 6.92 Å². The van der Waals surface area contributed by atoms with Crippen LogP contribution in [-0.4, -0.2) is 58.4 Å². The number of aliphatic carboxylic acids is 1. The molecule has 2 amide bonds. The zero-order chi connectivity index (χ0) is 15.6. The molecular weight excluding hydrogens is 272 g/mol. The molecular formula is C15H24N2O4. The predicted molar refractivity (Wildman–Crippen MR) is 76.5 cm³/mol. The molecule has 0 aromatic carbocycles. The van der Waals surface area contributed by atoms with Crippen LogP contribution in [-0.2, 0) is 14.4 Å². The fourth-order valence-corrected chi connectivity index (χ4v) is 3.49. The Balaban J connectivity index is 2.10. The molecule has 0 aromatic rings. The lowest BCUT2D eigenvalue weighted by atomic mass is 9.89. The minimum Gasteiger partial charge on any atom is -0.481 e. The van der Waals surface area contributed by atoms with Gasteiger partial charge in [0.25, 0.3) is 0 Å². The van der Waals surface area contributed by atoms with Crippen LogP contribution in [0.4, 0.5) is 0 Å². The molecule has 0 radical (unpaired) electrons. The van der Waals surface area contributed by atoms with E-state index in [1.54, 1.807) is 9.80 Å². The van der Waals surface area contributed by atoms with Gasteiger partial charge in [-0.05, 0) is 31.6 Å². The molecule has 3 unspecified atom stereocenters. The molecule has 0 aromatic heterocycles. The highest BCUT2D eigenvalue weighted by Crippen LogP contribution is 2.25. The highest BCUT2D eigenvalue weighted by molar-refractivity contribution is 5.87. The molecule has 2 fully saturated rings. The second kappa shape index (κ2) is 6.45. The van der Waals surface area contributed by atoms with Gasteiger partial charge in [-0.3, -0.25) is 14.4 Å². The van der Waals surface area contributed by atoms with Crippen molar-refractivity contribution in [2.75, 3.05) is 19.6 Å². The largest absolute Gasteiger partial charge is 0.481 e. The second-order valence-corrected chi connectivity index (χ2v) is 6.34. The summed E-state index contributed by atoms with van der Waals surface area (Å²) < 4.78 is 0. The second-order valence-electron chi connectivity index (χ2n) is 6.34. The van der Waals surface area contributed by atoms with E-state index < -0.39 is 17.9 Å². The van der Waals surface area contributed by atoms with Gasteiger partial charge in [0, 0.05) is 26.6 Å². The van der Waals surface area contributed by atoms with Crippen LogP contribution in [0, 0.1) is 11.8 Å². The molecule has 21 heavy (non-hydrogen) atoms. The monoisotopic (exact) mass is 296 g/mol. The van der Waals surface area contributed by atoms with E-state index in [0.29, 0.717) is 25.9 Å². The molecule has 6 heteroatoms. The first kappa shape index (κ1) is 15.8. The first-order valence-corrected chi connectivity index (χ1v) is 7.69. The van der Waals surface area contributed by atoms with Crippen molar-refractivity contribution in [2.45, 2.75) is 45.6 Å². The Kier molecular flexibility index (Phi) is 4.85. The lowest BCUT2D eigenvalue weighted by Gasteiger charge is -2.41. The van der Waals surface area contributed by atoms with Crippen LogP contribution in [0.1, 0.15) is 39.5 Å². The van der Waals surface area contributed by atoms with Crippen molar-refractivity contribution >= 4 is 17.8 Å². The smallest absolute Gasteiger partial charge is 0.308 e. The molecule has 0 spiro atoms. The number of piperidine rings is 2. The molecule has 1 N–H and O–H groups in total. The van der Waals surface area contributed by atoms with Crippen LogP contribution in [0.5, 0.6) is 0 Å². The van der Waals surface area contributed by atoms with Gasteiger partial charge in [0.1, 0.15) is 6.04 Å². The lowest BCUT2D eigenvalue weighted by Crippen LogP contribution is -2.55. The van der Waals surface area contributed by atoms with Crippen molar-refractivity contribution in [3.63, 3.8) is 0 Å². The quantitative estimate of drug-likeness (QED) is 0.823. The van der Waals surface area contributed by atoms with Crippen LogP contribution in [0.2, 0.25) is 0 Å². The molecule has 2 heterocycles. The van der Waals surface area contributed by atoms with Crippen LogP contribution in [0.15, 0.2) is 0 Å². The SMILES string of the molecule is CC(=O)N1CCCCC1C(=O)N1CC(C)CC(C(=O)O)C1. The highest BCUT2D eigenvalue weighted by atomic mass is 16.4. The third-order valence-electron chi connectivity index (χ3n) is 4.51. The van der Waals surface area contributed by atoms with Gasteiger partial charge in [-0.25, -0.2) is 0 Å². The summed E-state index contributed by atoms with van der Waals surface area (Å²) in [7, 11) is 0. The molecule has 2 aliphatic rings. The van der Waals surface area contributed by atoms with E-state index in [2.05, 4.69) is 0 Å². The third kappa shape index (κ3) is 3.54. The molecule has 6 nitrogen and oxygen atoms in total. The van der Waals surface area contributed by atoms with Crippen LogP contribution < -0.4 is 0 Å². The molecule has 2 aliphatic heterocycles. The molecule has 0 saturated carbocycles. The highest BCUT2D eigenvalue weighted by Gasteiger charge is 2.38. The van der Waals surface area contributed by atoms with E-state index in [0.717, 1.165) is 12.8 Å². The van der Waals surface area contributed by atoms with Crippen molar-refractivity contribution in [2.24, 2.45) is 11.8 Å². The molecule has 0 aliphatic carbocycles. The number of carboxylic acids is 1. The maximum absolute atomic E-state index is 12.7. The third-order valence-corrected chi connectivity index (χ3v) is 4.51. The van der Waals surface area contributed by atoms with Crippen LogP contribution >= 0.6 is 0 Å². The van der Waals surface area contributed by atoms with Gasteiger partial charge in [-0.1, -0.05) is 6.92 Å². The number of rotatable bonds is 2. The van der Waals surface area contributed by atoms with Crippen molar-refractivity contribution in [1.29, 1.82) is 0 Å². The summed E-state index contributed by atoms with van der Waals surface area (Å²) in [5, 5.41) is 9.20. The van der Waals surface area contributed by atoms with Crippen molar-refractivity contribution in [3.05, 3.63) is 0 Å². The van der Waals surface area contributed by atoms with E-state index in [1.807, 2.05) is 6.92 Å². The first-order chi connectivity index (χ1) is 9.90. The van der Waals surface area contributed by atoms with Crippen molar-refractivity contribution < 1.29 is 19.5 Å². The van der Waals surface area contributed by atoms with Gasteiger partial charge >= 0.3 is 5.97 Å². The number of hydrogen-bond donors (Lipinski definition) is 1. The predicted octanol–water partition coefficient (Wildman–Crippen LogP) is 0.957. The number of likely N-dealkylation sites (tertiary alicyclic amines) is 2. The van der Waals surface area contributed by atoms with Gasteiger partial charge in [-0.15, -0.1) is 0 Å². The Hall–Kier alpha value is -1.59. The van der Waals surface area contributed by atoms with Gasteiger partial charge in [-0.2, -0.15) is 0 Å². The summed E-state index contributed by atoms with van der Waals surface area (Å²) in [6.45, 7) is 4.94. The van der Waals surface area contributed by atoms with Gasteiger partial charge < -0.3 is 14.9 Å². The van der Waals surface area contributed by atoms with Crippen LogP contribution in [0.3, 0.4) is 0 Å². The van der Waals surface area contributed by atoms with E-state index >= 15 is 0 Å². The average molecular weight is 296 g/mol. The minimum absolute atomic E-state index is 0.0760. The minimum atomic E-state index is -0.841. The standard InChI is InChI=1S/C15H24N2O4/c1-10-7-12(15(20)21)9-16(8-10)14(19)13-5-3-4-6-17(13)11(2)18/h10,12-13H,3-9H2,1-2H3,(H,20,21). The first-order valence-electron chi connectivity index (χ1n) is 7.69. The molecule has 118 valence electrons. The Labute approximate surface area is 125 Å². The fraction of sp³-hybridized carbons (Fsp3) is 0.800. The summed E-state index contributed by atoms with van der Waals surface area (Å²) in [4.78, 5) is 38.9. The average Bonchev–Trinajstić information content (AvgIpc) is 2.45. The number of nitrogens with zero attached hydrogens (tertiary/aromatic N) is 2. The topological polar surface area (TPSA) is 77.9 Å². The van der Waals surface area contributed by atoms with Gasteiger partial charge in [0.05, 0.1) is 5.92 Å².